The summed E-state index contributed by atoms with van der Waals surface area (Å²) in [6, 6.07) is 0. The predicted molar refractivity (Wildman–Crippen MR) is 249 cm³/mol. The fourth-order valence-corrected chi connectivity index (χ4v) is 7.84. The number of allylic oxidation sites excluding steroid dienone is 12. The molecular weight excluding hydrogens is 828 g/mol. The van der Waals surface area contributed by atoms with Crippen LogP contribution in [0.25, 0.3) is 0 Å². The molecule has 1 aliphatic rings. The Kier molecular flexibility index (Phi) is 35.7. The van der Waals surface area contributed by atoms with E-state index in [-0.39, 0.29) is 12.8 Å². The van der Waals surface area contributed by atoms with Crippen LogP contribution in [0.1, 0.15) is 168 Å². The highest BCUT2D eigenvalue weighted by molar-refractivity contribution is 7.47. The topological polar surface area (TPSA) is 210 Å². The Morgan fingerprint density at radius 3 is 1.49 bits per heavy atom. The van der Waals surface area contributed by atoms with Crippen LogP contribution >= 0.6 is 7.82 Å². The lowest BCUT2D eigenvalue weighted by molar-refractivity contribution is -0.220. The maximum atomic E-state index is 12.8. The van der Waals surface area contributed by atoms with Gasteiger partial charge >= 0.3 is 19.8 Å². The van der Waals surface area contributed by atoms with Gasteiger partial charge in [-0.05, 0) is 57.8 Å². The molecule has 1 rings (SSSR count). The summed E-state index contributed by atoms with van der Waals surface area (Å²) in [6.45, 7) is 3.02. The molecule has 8 atom stereocenters. The number of carbonyl (C=O) groups excluding carboxylic acids is 2. The second-order valence-corrected chi connectivity index (χ2v) is 17.7. The molecule has 1 aliphatic carbocycles. The molecule has 0 amide bonds. The Morgan fingerprint density at radius 1 is 0.508 bits per heavy atom. The van der Waals surface area contributed by atoms with Gasteiger partial charge in [-0.25, -0.2) is 4.57 Å². The van der Waals surface area contributed by atoms with Gasteiger partial charge in [-0.15, -0.1) is 0 Å². The Labute approximate surface area is 378 Å². The summed E-state index contributed by atoms with van der Waals surface area (Å²) in [5.74, 6) is -1.15. The molecule has 0 bridgehead atoms. The van der Waals surface area contributed by atoms with Crippen LogP contribution in [-0.2, 0) is 32.7 Å². The Hall–Kier alpha value is -2.71. The molecule has 362 valence electrons. The van der Waals surface area contributed by atoms with Gasteiger partial charge in [0.15, 0.2) is 6.10 Å². The van der Waals surface area contributed by atoms with Crippen LogP contribution in [0.5, 0.6) is 0 Å². The van der Waals surface area contributed by atoms with Gasteiger partial charge < -0.3 is 39.9 Å². The van der Waals surface area contributed by atoms with Crippen LogP contribution in [0.15, 0.2) is 72.9 Å². The maximum Gasteiger partial charge on any atom is 0.472 e. The summed E-state index contributed by atoms with van der Waals surface area (Å²) in [6.07, 6.45) is 35.4. The van der Waals surface area contributed by atoms with Crippen molar-refractivity contribution in [2.24, 2.45) is 0 Å². The number of unbranched alkanes of at least 4 members (excludes halogenated alkanes) is 17. The molecule has 0 aromatic rings. The zero-order valence-corrected chi connectivity index (χ0v) is 39.2. The monoisotopic (exact) mass is 911 g/mol. The smallest absolute Gasteiger partial charge is 0.462 e. The molecule has 0 aromatic heterocycles. The van der Waals surface area contributed by atoms with Crippen molar-refractivity contribution in [2.75, 3.05) is 13.2 Å². The van der Waals surface area contributed by atoms with Crippen molar-refractivity contribution in [2.45, 2.75) is 211 Å². The van der Waals surface area contributed by atoms with E-state index in [9.17, 15) is 44.6 Å². The quantitative estimate of drug-likeness (QED) is 0.0112. The number of phosphoric acid groups is 1. The number of esters is 2. The van der Waals surface area contributed by atoms with Crippen LogP contribution in [0.4, 0.5) is 0 Å². The van der Waals surface area contributed by atoms with E-state index in [1.807, 2.05) is 42.5 Å². The van der Waals surface area contributed by atoms with Crippen LogP contribution < -0.4 is 0 Å². The zero-order chi connectivity index (χ0) is 46.4. The second kappa shape index (κ2) is 38.5. The van der Waals surface area contributed by atoms with Gasteiger partial charge in [0.25, 0.3) is 0 Å². The first kappa shape index (κ1) is 58.3. The fourth-order valence-electron chi connectivity index (χ4n) is 6.86. The average Bonchev–Trinajstić information content (AvgIpc) is 3.26. The lowest BCUT2D eigenvalue weighted by Crippen LogP contribution is -2.64. The summed E-state index contributed by atoms with van der Waals surface area (Å²) in [4.78, 5) is 35.7. The molecule has 0 aliphatic heterocycles. The predicted octanol–water partition coefficient (Wildman–Crippen LogP) is 9.50. The standard InChI is InChI=1S/C49H83O13P/c1-3-5-7-9-11-13-15-17-18-19-20-21-22-23-24-26-27-29-31-33-35-37-42(50)59-39-41(40-60-63(57,58)62-49-47(55)45(53)44(52)46(54)48(49)56)61-43(51)38-36-34-32-30-28-25-16-14-12-10-8-6-4-2/h5-8,10-14,16,25,28,41,44-49,52-56H,3-4,9,15,17-24,26-27,29-40H2,1-2H3,(H,57,58)/b7-5+,8-6+,12-10+,13-11+,16-14+,28-25+/t41?,44?,45-,46?,47?,48?,49?/m0/s1. The first-order valence-electron chi connectivity index (χ1n) is 23.8. The lowest BCUT2D eigenvalue weighted by atomic mass is 9.85. The zero-order valence-electron chi connectivity index (χ0n) is 38.3. The highest BCUT2D eigenvalue weighted by Crippen LogP contribution is 2.47. The van der Waals surface area contributed by atoms with Crippen molar-refractivity contribution in [1.82, 2.24) is 0 Å². The minimum atomic E-state index is -5.13. The number of aliphatic hydroxyl groups is 5. The summed E-state index contributed by atoms with van der Waals surface area (Å²) in [7, 11) is -5.13. The third-order valence-corrected chi connectivity index (χ3v) is 11.6. The minimum Gasteiger partial charge on any atom is -0.462 e. The molecule has 7 unspecified atom stereocenters. The third-order valence-electron chi connectivity index (χ3n) is 10.6. The molecule has 0 radical (unpaired) electrons. The van der Waals surface area contributed by atoms with Crippen molar-refractivity contribution in [3.05, 3.63) is 72.9 Å². The van der Waals surface area contributed by atoms with Crippen molar-refractivity contribution in [3.8, 4) is 0 Å². The molecule has 13 nitrogen and oxygen atoms in total. The van der Waals surface area contributed by atoms with E-state index >= 15 is 0 Å². The first-order chi connectivity index (χ1) is 30.4. The third kappa shape index (κ3) is 31.0. The van der Waals surface area contributed by atoms with E-state index in [1.165, 1.54) is 70.6 Å². The van der Waals surface area contributed by atoms with Gasteiger partial charge in [0.2, 0.25) is 0 Å². The molecular formula is C49H83O13P. The molecule has 0 heterocycles. The van der Waals surface area contributed by atoms with Gasteiger partial charge in [0.1, 0.15) is 43.2 Å². The van der Waals surface area contributed by atoms with Gasteiger partial charge in [-0.2, -0.15) is 0 Å². The molecule has 1 fully saturated rings. The number of ether oxygens (including phenoxy) is 2. The minimum absolute atomic E-state index is 0.0480. The van der Waals surface area contributed by atoms with E-state index in [0.717, 1.165) is 57.8 Å². The number of aliphatic hydroxyl groups excluding tert-OH is 5. The maximum absolute atomic E-state index is 12.8. The van der Waals surface area contributed by atoms with E-state index < -0.39 is 75.7 Å². The SMILES string of the molecule is CC/C=C/C=C/C=C/C=C/CCCCCC(=O)OC(COC(=O)CCCCCCCCCCCCCCCC/C=C/C/C=C/CC)COP(=O)(O)OC1C(O)C(O)C(O)[C@H](O)C1O. The van der Waals surface area contributed by atoms with E-state index in [4.69, 9.17) is 18.5 Å². The Morgan fingerprint density at radius 2 is 0.937 bits per heavy atom. The highest BCUT2D eigenvalue weighted by Gasteiger charge is 2.51. The summed E-state index contributed by atoms with van der Waals surface area (Å²) >= 11 is 0. The molecule has 63 heavy (non-hydrogen) atoms. The molecule has 0 spiro atoms. The van der Waals surface area contributed by atoms with Gasteiger partial charge in [-0.1, -0.05) is 170 Å². The Bertz CT molecular complexity index is 1380. The summed E-state index contributed by atoms with van der Waals surface area (Å²) in [5.41, 5.74) is 0. The van der Waals surface area contributed by atoms with Crippen LogP contribution in [-0.4, -0.2) is 98.3 Å². The van der Waals surface area contributed by atoms with Gasteiger partial charge in [0, 0.05) is 12.8 Å². The lowest BCUT2D eigenvalue weighted by Gasteiger charge is -2.41. The van der Waals surface area contributed by atoms with Crippen molar-refractivity contribution >= 4 is 19.8 Å². The van der Waals surface area contributed by atoms with Gasteiger partial charge in [0.05, 0.1) is 6.61 Å². The van der Waals surface area contributed by atoms with Crippen molar-refractivity contribution in [1.29, 1.82) is 0 Å². The molecule has 1 saturated carbocycles. The van der Waals surface area contributed by atoms with E-state index in [1.54, 1.807) is 0 Å². The molecule has 14 heteroatoms. The average molecular weight is 911 g/mol. The summed E-state index contributed by atoms with van der Waals surface area (Å²) < 4.78 is 33.5. The normalized spacial score (nSPS) is 22.3. The largest absolute Gasteiger partial charge is 0.472 e. The van der Waals surface area contributed by atoms with Gasteiger partial charge in [-0.3, -0.25) is 18.6 Å². The number of hydrogen-bond acceptors (Lipinski definition) is 12. The van der Waals surface area contributed by atoms with E-state index in [0.29, 0.717) is 12.8 Å². The highest BCUT2D eigenvalue weighted by atomic mass is 31.2. The number of rotatable bonds is 38. The number of carbonyl (C=O) groups is 2. The Balaban J connectivity index is 2.41. The number of hydrogen-bond donors (Lipinski definition) is 6. The van der Waals surface area contributed by atoms with Crippen LogP contribution in [0.3, 0.4) is 0 Å². The van der Waals surface area contributed by atoms with Crippen molar-refractivity contribution < 1.29 is 63.1 Å². The number of phosphoric ester groups is 1. The second-order valence-electron chi connectivity index (χ2n) is 16.3. The molecule has 0 aromatic carbocycles. The van der Waals surface area contributed by atoms with Crippen molar-refractivity contribution in [3.63, 3.8) is 0 Å². The molecule has 0 saturated heterocycles. The van der Waals surface area contributed by atoms with Crippen LogP contribution in [0.2, 0.25) is 0 Å². The summed E-state index contributed by atoms with van der Waals surface area (Å²) in [5, 5.41) is 50.1. The first-order valence-corrected chi connectivity index (χ1v) is 25.3. The van der Waals surface area contributed by atoms with E-state index in [2.05, 4.69) is 44.2 Å². The fraction of sp³-hybridized carbons (Fsp3) is 0.714. The van der Waals surface area contributed by atoms with Crippen LogP contribution in [0, 0.1) is 0 Å². The molecule has 6 N–H and O–H groups in total.